The molecule has 0 heterocycles. The minimum Gasteiger partial charge on any atom is -0.508 e. The fraction of sp³-hybridized carbons (Fsp3) is 0.188. The summed E-state index contributed by atoms with van der Waals surface area (Å²) in [6, 6.07) is 8.34. The molecule has 2 aromatic rings. The van der Waals surface area contributed by atoms with Gasteiger partial charge in [0, 0.05) is 6.07 Å². The van der Waals surface area contributed by atoms with Crippen LogP contribution in [0.5, 0.6) is 5.75 Å². The van der Waals surface area contributed by atoms with Gasteiger partial charge in [0.05, 0.1) is 18.2 Å². The Kier molecular flexibility index (Phi) is 5.06. The van der Waals surface area contributed by atoms with Gasteiger partial charge in [-0.1, -0.05) is 12.1 Å². The number of carbonyl (C=O) groups is 1. The molecule has 2 rings (SSSR count). The van der Waals surface area contributed by atoms with E-state index in [1.807, 2.05) is 0 Å². The zero-order valence-corrected chi connectivity index (χ0v) is 11.6. The smallest absolute Gasteiger partial charge is 0.254 e. The second-order valence-electron chi connectivity index (χ2n) is 4.85. The Balaban J connectivity index is 2.06. The van der Waals surface area contributed by atoms with Crippen molar-refractivity contribution in [1.29, 1.82) is 0 Å². The number of nitrogens with one attached hydrogen (secondary N) is 1. The Morgan fingerprint density at radius 3 is 2.41 bits per heavy atom. The number of benzene rings is 2. The van der Waals surface area contributed by atoms with E-state index in [4.69, 9.17) is 0 Å². The van der Waals surface area contributed by atoms with Gasteiger partial charge in [-0.3, -0.25) is 4.79 Å². The van der Waals surface area contributed by atoms with Crippen LogP contribution in [0.25, 0.3) is 0 Å². The number of hydrogen-bond donors (Lipinski definition) is 3. The number of phenols is 1. The summed E-state index contributed by atoms with van der Waals surface area (Å²) >= 11 is 0. The summed E-state index contributed by atoms with van der Waals surface area (Å²) in [6.45, 7) is -0.338. The van der Waals surface area contributed by atoms with E-state index in [9.17, 15) is 23.8 Å². The minimum absolute atomic E-state index is 0.113. The van der Waals surface area contributed by atoms with Crippen molar-refractivity contribution in [3.8, 4) is 5.75 Å². The Morgan fingerprint density at radius 2 is 1.82 bits per heavy atom. The zero-order chi connectivity index (χ0) is 16.1. The summed E-state index contributed by atoms with van der Waals surface area (Å²) in [4.78, 5) is 12.0. The molecule has 3 N–H and O–H groups in total. The second kappa shape index (κ2) is 7.00. The molecule has 0 aliphatic heterocycles. The summed E-state index contributed by atoms with van der Waals surface area (Å²) < 4.78 is 26.4. The number of carbonyl (C=O) groups excluding carboxylic acids is 1. The fourth-order valence-corrected chi connectivity index (χ4v) is 2.01. The minimum atomic E-state index is -0.959. The molecule has 22 heavy (non-hydrogen) atoms. The first kappa shape index (κ1) is 15.9. The lowest BCUT2D eigenvalue weighted by molar-refractivity contribution is 0.0912. The molecule has 0 fully saturated rings. The van der Waals surface area contributed by atoms with Crippen LogP contribution in [0.4, 0.5) is 8.78 Å². The maximum Gasteiger partial charge on any atom is 0.254 e. The van der Waals surface area contributed by atoms with Crippen molar-refractivity contribution in [3.63, 3.8) is 0 Å². The van der Waals surface area contributed by atoms with Crippen LogP contribution in [0.3, 0.4) is 0 Å². The molecule has 0 aliphatic rings. The van der Waals surface area contributed by atoms with Gasteiger partial charge >= 0.3 is 0 Å². The third kappa shape index (κ3) is 4.02. The van der Waals surface area contributed by atoms with Crippen molar-refractivity contribution in [3.05, 3.63) is 65.2 Å². The SMILES string of the molecule is O=C(N[C@H](CO)Cc1ccc(O)cc1)c1ccc(F)cc1F. The number of rotatable bonds is 5. The van der Waals surface area contributed by atoms with E-state index in [1.54, 1.807) is 12.1 Å². The predicted octanol–water partition coefficient (Wildman–Crippen LogP) is 2.00. The lowest BCUT2D eigenvalue weighted by atomic mass is 10.1. The number of phenolic OH excluding ortho intramolecular Hbond substituents is 1. The first-order chi connectivity index (χ1) is 10.5. The Hall–Kier alpha value is -2.47. The normalized spacial score (nSPS) is 12.0. The van der Waals surface area contributed by atoms with Crippen LogP contribution in [0, 0.1) is 11.6 Å². The molecular weight excluding hydrogens is 292 g/mol. The van der Waals surface area contributed by atoms with Gasteiger partial charge in [-0.15, -0.1) is 0 Å². The topological polar surface area (TPSA) is 69.6 Å². The molecule has 6 heteroatoms. The monoisotopic (exact) mass is 307 g/mol. The van der Waals surface area contributed by atoms with Gasteiger partial charge in [-0.05, 0) is 36.2 Å². The molecule has 0 radical (unpaired) electrons. The van der Waals surface area contributed by atoms with Crippen LogP contribution in [0.2, 0.25) is 0 Å². The Labute approximate surface area is 126 Å². The number of aliphatic hydroxyl groups is 1. The molecule has 0 spiro atoms. The van der Waals surface area contributed by atoms with Crippen molar-refractivity contribution >= 4 is 5.91 Å². The zero-order valence-electron chi connectivity index (χ0n) is 11.6. The van der Waals surface area contributed by atoms with Crippen molar-refractivity contribution in [1.82, 2.24) is 5.32 Å². The van der Waals surface area contributed by atoms with Crippen LogP contribution in [-0.2, 0) is 6.42 Å². The van der Waals surface area contributed by atoms with E-state index >= 15 is 0 Å². The van der Waals surface area contributed by atoms with E-state index in [1.165, 1.54) is 12.1 Å². The third-order valence-electron chi connectivity index (χ3n) is 3.15. The molecule has 0 aromatic heterocycles. The molecule has 1 amide bonds. The van der Waals surface area contributed by atoms with Gasteiger partial charge in [0.1, 0.15) is 17.4 Å². The van der Waals surface area contributed by atoms with Crippen LogP contribution >= 0.6 is 0 Å². The fourth-order valence-electron chi connectivity index (χ4n) is 2.01. The highest BCUT2D eigenvalue weighted by Crippen LogP contribution is 2.13. The van der Waals surface area contributed by atoms with E-state index in [2.05, 4.69) is 5.32 Å². The van der Waals surface area contributed by atoms with Crippen LogP contribution in [-0.4, -0.2) is 28.8 Å². The molecule has 0 saturated carbocycles. The molecule has 0 bridgehead atoms. The highest BCUT2D eigenvalue weighted by Gasteiger charge is 2.17. The maximum absolute atomic E-state index is 13.5. The predicted molar refractivity (Wildman–Crippen MR) is 76.5 cm³/mol. The van der Waals surface area contributed by atoms with Gasteiger partial charge in [0.25, 0.3) is 5.91 Å². The Bertz CT molecular complexity index is 659. The van der Waals surface area contributed by atoms with Gasteiger partial charge in [0.15, 0.2) is 0 Å². The highest BCUT2D eigenvalue weighted by molar-refractivity contribution is 5.94. The van der Waals surface area contributed by atoms with Crippen molar-refractivity contribution < 1.29 is 23.8 Å². The maximum atomic E-state index is 13.5. The lowest BCUT2D eigenvalue weighted by Crippen LogP contribution is -2.39. The van der Waals surface area contributed by atoms with Crippen LogP contribution in [0.15, 0.2) is 42.5 Å². The molecule has 0 aliphatic carbocycles. The molecule has 0 saturated heterocycles. The van der Waals surface area contributed by atoms with Crippen LogP contribution in [0.1, 0.15) is 15.9 Å². The van der Waals surface area contributed by atoms with E-state index in [0.717, 1.165) is 17.7 Å². The largest absolute Gasteiger partial charge is 0.508 e. The quantitative estimate of drug-likeness (QED) is 0.791. The molecule has 1 atom stereocenters. The highest BCUT2D eigenvalue weighted by atomic mass is 19.1. The van der Waals surface area contributed by atoms with Gasteiger partial charge < -0.3 is 15.5 Å². The molecule has 4 nitrogen and oxygen atoms in total. The standard InChI is InChI=1S/C16H15F2NO3/c17-11-3-6-14(15(18)8-11)16(22)19-12(9-20)7-10-1-4-13(21)5-2-10/h1-6,8,12,20-21H,7,9H2,(H,19,22)/t12-/m0/s1. The van der Waals surface area contributed by atoms with Crippen LogP contribution < -0.4 is 5.32 Å². The van der Waals surface area contributed by atoms with Gasteiger partial charge in [-0.2, -0.15) is 0 Å². The number of hydrogen-bond acceptors (Lipinski definition) is 3. The van der Waals surface area contributed by atoms with E-state index in [0.29, 0.717) is 12.5 Å². The average molecular weight is 307 g/mol. The first-order valence-electron chi connectivity index (χ1n) is 6.64. The summed E-state index contributed by atoms with van der Waals surface area (Å²) in [5.74, 6) is -2.34. The number of amides is 1. The second-order valence-corrected chi connectivity index (χ2v) is 4.85. The molecule has 2 aromatic carbocycles. The molecular formula is C16H15F2NO3. The average Bonchev–Trinajstić information content (AvgIpc) is 2.48. The number of aliphatic hydroxyl groups excluding tert-OH is 1. The first-order valence-corrected chi connectivity index (χ1v) is 6.64. The lowest BCUT2D eigenvalue weighted by Gasteiger charge is -2.16. The van der Waals surface area contributed by atoms with Gasteiger partial charge in [0.2, 0.25) is 0 Å². The molecule has 116 valence electrons. The molecule has 0 unspecified atom stereocenters. The van der Waals surface area contributed by atoms with E-state index < -0.39 is 23.6 Å². The van der Waals surface area contributed by atoms with Crippen molar-refractivity contribution in [2.75, 3.05) is 6.61 Å². The summed E-state index contributed by atoms with van der Waals surface area (Å²) in [5, 5.41) is 21.0. The number of aromatic hydroxyl groups is 1. The third-order valence-corrected chi connectivity index (χ3v) is 3.15. The van der Waals surface area contributed by atoms with Crippen molar-refractivity contribution in [2.24, 2.45) is 0 Å². The summed E-state index contributed by atoms with van der Waals surface area (Å²) in [5.41, 5.74) is 0.502. The summed E-state index contributed by atoms with van der Waals surface area (Å²) in [7, 11) is 0. The Morgan fingerprint density at radius 1 is 1.14 bits per heavy atom. The summed E-state index contributed by atoms with van der Waals surface area (Å²) in [6.07, 6.45) is 0.311. The van der Waals surface area contributed by atoms with Gasteiger partial charge in [-0.25, -0.2) is 8.78 Å². The van der Waals surface area contributed by atoms with E-state index in [-0.39, 0.29) is 17.9 Å². The van der Waals surface area contributed by atoms with Crippen molar-refractivity contribution in [2.45, 2.75) is 12.5 Å². The number of halogens is 2.